The summed E-state index contributed by atoms with van der Waals surface area (Å²) in [5.74, 6) is -1.71. The molecule has 0 aliphatic carbocycles. The van der Waals surface area contributed by atoms with Crippen LogP contribution in [-0.4, -0.2) is 59.3 Å². The van der Waals surface area contributed by atoms with E-state index in [2.05, 4.69) is 0 Å². The van der Waals surface area contributed by atoms with E-state index in [1.54, 1.807) is 6.92 Å². The number of carboxylic acids is 1. The van der Waals surface area contributed by atoms with Gasteiger partial charge in [0.05, 0.1) is 5.92 Å². The van der Waals surface area contributed by atoms with Gasteiger partial charge in [0.15, 0.2) is 0 Å². The second kappa shape index (κ2) is 5.57. The van der Waals surface area contributed by atoms with Crippen LogP contribution in [-0.2, 0) is 4.79 Å². The average molecular weight is 306 g/mol. The lowest BCUT2D eigenvalue weighted by Crippen LogP contribution is -2.45. The van der Waals surface area contributed by atoms with Crippen LogP contribution < -0.4 is 0 Å². The van der Waals surface area contributed by atoms with E-state index < -0.39 is 23.6 Å². The molecule has 2 heterocycles. The highest BCUT2D eigenvalue weighted by molar-refractivity contribution is 5.78. The summed E-state index contributed by atoms with van der Waals surface area (Å²) in [5, 5.41) is 9.03. The Labute approximate surface area is 120 Å². The lowest BCUT2D eigenvalue weighted by Gasteiger charge is -2.31. The van der Waals surface area contributed by atoms with E-state index in [0.29, 0.717) is 6.54 Å². The molecule has 0 aromatic rings. The zero-order valence-corrected chi connectivity index (χ0v) is 11.6. The Morgan fingerprint density at radius 2 is 1.95 bits per heavy atom. The van der Waals surface area contributed by atoms with Gasteiger partial charge in [-0.2, -0.15) is 13.2 Å². The molecule has 1 N–H and O–H groups in total. The van der Waals surface area contributed by atoms with Crippen LogP contribution >= 0.6 is 0 Å². The van der Waals surface area contributed by atoms with Crippen molar-refractivity contribution in [2.75, 3.05) is 26.2 Å². The maximum atomic E-state index is 12.5. The molecule has 2 aliphatic heterocycles. The van der Waals surface area contributed by atoms with Crippen LogP contribution in [0.2, 0.25) is 0 Å². The molecule has 0 unspecified atom stereocenters. The number of hydrogen-bond acceptors (Lipinski definition) is 2. The van der Waals surface area contributed by atoms with Gasteiger partial charge in [-0.05, 0) is 12.3 Å². The number of carbonyl (C=O) groups is 2. The molecule has 21 heavy (non-hydrogen) atoms. The summed E-state index contributed by atoms with van der Waals surface area (Å²) in [6.45, 7) is 2.11. The Balaban J connectivity index is 1.97. The molecular weight excluding hydrogens is 289 g/mol. The van der Waals surface area contributed by atoms with Crippen LogP contribution in [0.5, 0.6) is 0 Å². The van der Waals surface area contributed by atoms with E-state index >= 15 is 0 Å². The zero-order valence-electron chi connectivity index (χ0n) is 11.6. The molecule has 0 aromatic carbocycles. The van der Waals surface area contributed by atoms with Crippen molar-refractivity contribution < 1.29 is 27.9 Å². The second-order valence-corrected chi connectivity index (χ2v) is 5.53. The van der Waals surface area contributed by atoms with Crippen molar-refractivity contribution in [3.63, 3.8) is 0 Å². The maximum absolute atomic E-state index is 12.5. The van der Waals surface area contributed by atoms with Gasteiger partial charge in [-0.3, -0.25) is 4.79 Å². The number of halogens is 3. The van der Waals surface area contributed by atoms with Gasteiger partial charge in [-0.15, -0.1) is 0 Å². The maximum Gasteiger partial charge on any atom is 0.412 e. The number of carboxylic acid groups (broad SMARTS) is 1. The summed E-state index contributed by atoms with van der Waals surface area (Å²) in [4.78, 5) is 26.0. The first-order valence-corrected chi connectivity index (χ1v) is 6.73. The van der Waals surface area contributed by atoms with E-state index in [1.807, 2.05) is 0 Å². The van der Waals surface area contributed by atoms with Crippen LogP contribution in [0.15, 0.2) is 11.6 Å². The van der Waals surface area contributed by atoms with Crippen molar-refractivity contribution in [1.29, 1.82) is 0 Å². The molecule has 0 radical (unpaired) electrons. The zero-order chi connectivity index (χ0) is 15.8. The number of urea groups is 1. The Kier molecular flexibility index (Phi) is 4.15. The number of aliphatic carboxylic acids is 1. The Hall–Kier alpha value is -1.73. The van der Waals surface area contributed by atoms with Gasteiger partial charge in [-0.25, -0.2) is 4.79 Å². The predicted molar refractivity (Wildman–Crippen MR) is 67.6 cm³/mol. The minimum absolute atomic E-state index is 0.00674. The van der Waals surface area contributed by atoms with Crippen molar-refractivity contribution in [2.24, 2.45) is 11.8 Å². The monoisotopic (exact) mass is 306 g/mol. The Bertz CT molecular complexity index is 476. The van der Waals surface area contributed by atoms with Crippen molar-refractivity contribution >= 4 is 12.0 Å². The van der Waals surface area contributed by atoms with Crippen molar-refractivity contribution in [1.82, 2.24) is 9.80 Å². The number of likely N-dealkylation sites (tertiary alicyclic amines) is 1. The fourth-order valence-electron chi connectivity index (χ4n) is 2.74. The second-order valence-electron chi connectivity index (χ2n) is 5.53. The van der Waals surface area contributed by atoms with Crippen molar-refractivity contribution in [3.8, 4) is 0 Å². The normalized spacial score (nSPS) is 26.8. The van der Waals surface area contributed by atoms with Crippen LogP contribution in [0.3, 0.4) is 0 Å². The average Bonchev–Trinajstić information content (AvgIpc) is 2.79. The summed E-state index contributed by atoms with van der Waals surface area (Å²) >= 11 is 0. The molecule has 8 heteroatoms. The number of rotatable bonds is 1. The van der Waals surface area contributed by atoms with E-state index in [4.69, 9.17) is 5.11 Å². The van der Waals surface area contributed by atoms with E-state index in [1.165, 1.54) is 9.80 Å². The molecule has 1 saturated heterocycles. The number of carbonyl (C=O) groups excluding carboxylic acids is 1. The molecule has 0 spiro atoms. The molecule has 0 saturated carbocycles. The topological polar surface area (TPSA) is 60.9 Å². The van der Waals surface area contributed by atoms with Crippen LogP contribution in [0.25, 0.3) is 0 Å². The fourth-order valence-corrected chi connectivity index (χ4v) is 2.74. The summed E-state index contributed by atoms with van der Waals surface area (Å²) in [6, 6.07) is -0.386. The standard InChI is InChI=1S/C13H17F3N2O3/c1-8-6-18(7-10(8)11(19)20)12(21)17-4-2-9(3-5-17)13(14,15)16/h2,8,10H,3-7H2,1H3,(H,19,20)/t8-,10-/m1/s1. The van der Waals surface area contributed by atoms with Gasteiger partial charge in [0, 0.05) is 31.8 Å². The third-order valence-corrected chi connectivity index (χ3v) is 4.04. The van der Waals surface area contributed by atoms with Gasteiger partial charge < -0.3 is 14.9 Å². The molecule has 2 atom stereocenters. The first kappa shape index (κ1) is 15.7. The quantitative estimate of drug-likeness (QED) is 0.753. The number of amides is 2. The fraction of sp³-hybridized carbons (Fsp3) is 0.692. The van der Waals surface area contributed by atoms with E-state index in [9.17, 15) is 22.8 Å². The first-order valence-electron chi connectivity index (χ1n) is 6.73. The van der Waals surface area contributed by atoms with Gasteiger partial charge in [0.25, 0.3) is 0 Å². The smallest absolute Gasteiger partial charge is 0.412 e. The largest absolute Gasteiger partial charge is 0.481 e. The summed E-state index contributed by atoms with van der Waals surface area (Å²) in [5.41, 5.74) is -0.607. The van der Waals surface area contributed by atoms with E-state index in [0.717, 1.165) is 6.08 Å². The van der Waals surface area contributed by atoms with Gasteiger partial charge in [0.1, 0.15) is 0 Å². The Morgan fingerprint density at radius 1 is 1.29 bits per heavy atom. The van der Waals surface area contributed by atoms with Gasteiger partial charge >= 0.3 is 18.2 Å². The summed E-state index contributed by atoms with van der Waals surface area (Å²) in [6.07, 6.45) is -3.54. The van der Waals surface area contributed by atoms with Crippen LogP contribution in [0.1, 0.15) is 13.3 Å². The SMILES string of the molecule is C[C@@H]1CN(C(=O)N2CC=C(C(F)(F)F)CC2)C[C@H]1C(=O)O. The van der Waals surface area contributed by atoms with Gasteiger partial charge in [-0.1, -0.05) is 13.0 Å². The molecule has 1 fully saturated rings. The predicted octanol–water partition coefficient (Wildman–Crippen LogP) is 1.95. The molecule has 118 valence electrons. The molecule has 2 rings (SSSR count). The third-order valence-electron chi connectivity index (χ3n) is 4.04. The lowest BCUT2D eigenvalue weighted by molar-refractivity contribution is -0.142. The molecule has 2 amide bonds. The minimum Gasteiger partial charge on any atom is -0.481 e. The first-order chi connectivity index (χ1) is 9.70. The number of alkyl halides is 3. The van der Waals surface area contributed by atoms with Crippen LogP contribution in [0, 0.1) is 11.8 Å². The number of nitrogens with zero attached hydrogens (tertiary/aromatic N) is 2. The lowest BCUT2D eigenvalue weighted by atomic mass is 9.99. The van der Waals surface area contributed by atoms with Crippen molar-refractivity contribution in [2.45, 2.75) is 19.5 Å². The highest BCUT2D eigenvalue weighted by atomic mass is 19.4. The summed E-state index contributed by atoms with van der Waals surface area (Å²) < 4.78 is 37.5. The highest BCUT2D eigenvalue weighted by Gasteiger charge is 2.40. The molecule has 0 bridgehead atoms. The highest BCUT2D eigenvalue weighted by Crippen LogP contribution is 2.31. The number of hydrogen-bond donors (Lipinski definition) is 1. The Morgan fingerprint density at radius 3 is 2.38 bits per heavy atom. The van der Waals surface area contributed by atoms with Gasteiger partial charge in [0.2, 0.25) is 0 Å². The summed E-state index contributed by atoms with van der Waals surface area (Å²) in [7, 11) is 0. The van der Waals surface area contributed by atoms with Crippen LogP contribution in [0.4, 0.5) is 18.0 Å². The minimum atomic E-state index is -4.34. The van der Waals surface area contributed by atoms with E-state index in [-0.39, 0.29) is 38.0 Å². The third kappa shape index (κ3) is 3.30. The molecular formula is C13H17F3N2O3. The molecule has 0 aromatic heterocycles. The molecule has 2 aliphatic rings. The van der Waals surface area contributed by atoms with Crippen molar-refractivity contribution in [3.05, 3.63) is 11.6 Å². The molecule has 5 nitrogen and oxygen atoms in total.